The van der Waals surface area contributed by atoms with Crippen LogP contribution in [0, 0.1) is 0 Å². The third-order valence-corrected chi connectivity index (χ3v) is 3.03. The molecule has 0 aromatic heterocycles. The molecule has 1 atom stereocenters. The van der Waals surface area contributed by atoms with E-state index >= 15 is 0 Å². The highest BCUT2D eigenvalue weighted by Gasteiger charge is 2.15. The molecule has 0 bridgehead atoms. The average molecular weight is 242 g/mol. The molecule has 2 aromatic carbocycles. The maximum Gasteiger partial charge on any atom is 0.124 e. The van der Waals surface area contributed by atoms with E-state index in [0.29, 0.717) is 0 Å². The standard InChI is InChI=1S/C16H18O2/c1-17-15-11-7-6-10-14(15)16(18-2)12-13-8-4-3-5-9-13/h3-11,16H,12H2,1-2H3. The first-order valence-electron chi connectivity index (χ1n) is 6.04. The molecule has 2 rings (SSSR count). The zero-order valence-electron chi connectivity index (χ0n) is 10.8. The minimum Gasteiger partial charge on any atom is -0.496 e. The van der Waals surface area contributed by atoms with Crippen LogP contribution in [0.4, 0.5) is 0 Å². The fourth-order valence-electron chi connectivity index (χ4n) is 2.08. The number of methoxy groups -OCH3 is 2. The van der Waals surface area contributed by atoms with E-state index in [4.69, 9.17) is 9.47 Å². The number of hydrogen-bond donors (Lipinski definition) is 0. The van der Waals surface area contributed by atoms with Gasteiger partial charge >= 0.3 is 0 Å². The molecule has 0 radical (unpaired) electrons. The Kier molecular flexibility index (Phi) is 4.37. The van der Waals surface area contributed by atoms with Crippen LogP contribution in [0.25, 0.3) is 0 Å². The maximum absolute atomic E-state index is 5.60. The van der Waals surface area contributed by atoms with Crippen LogP contribution in [-0.2, 0) is 11.2 Å². The lowest BCUT2D eigenvalue weighted by Crippen LogP contribution is -2.07. The first kappa shape index (κ1) is 12.7. The number of rotatable bonds is 5. The van der Waals surface area contributed by atoms with Gasteiger partial charge in [-0.1, -0.05) is 48.5 Å². The van der Waals surface area contributed by atoms with Crippen LogP contribution in [0.15, 0.2) is 54.6 Å². The molecule has 0 aliphatic carbocycles. The van der Waals surface area contributed by atoms with Gasteiger partial charge in [0, 0.05) is 19.1 Å². The summed E-state index contributed by atoms with van der Waals surface area (Å²) in [6.45, 7) is 0. The second-order valence-electron chi connectivity index (χ2n) is 4.16. The third kappa shape index (κ3) is 2.90. The summed E-state index contributed by atoms with van der Waals surface area (Å²) in [6, 6.07) is 18.3. The highest BCUT2D eigenvalue weighted by Crippen LogP contribution is 2.29. The van der Waals surface area contributed by atoms with E-state index < -0.39 is 0 Å². The predicted molar refractivity (Wildman–Crippen MR) is 72.9 cm³/mol. The first-order valence-corrected chi connectivity index (χ1v) is 6.04. The van der Waals surface area contributed by atoms with Crippen molar-refractivity contribution in [2.75, 3.05) is 14.2 Å². The Labute approximate surface area is 108 Å². The fourth-order valence-corrected chi connectivity index (χ4v) is 2.08. The normalized spacial score (nSPS) is 12.1. The summed E-state index contributed by atoms with van der Waals surface area (Å²) in [5.74, 6) is 0.875. The summed E-state index contributed by atoms with van der Waals surface area (Å²) >= 11 is 0. The monoisotopic (exact) mass is 242 g/mol. The molecule has 1 unspecified atom stereocenters. The smallest absolute Gasteiger partial charge is 0.124 e. The van der Waals surface area contributed by atoms with E-state index in [1.165, 1.54) is 5.56 Å². The molecule has 0 aliphatic rings. The molecule has 0 amide bonds. The average Bonchev–Trinajstić information content (AvgIpc) is 2.46. The van der Waals surface area contributed by atoms with Crippen molar-refractivity contribution in [2.45, 2.75) is 12.5 Å². The molecule has 0 spiro atoms. The summed E-state index contributed by atoms with van der Waals surface area (Å²) in [7, 11) is 3.42. The van der Waals surface area contributed by atoms with Gasteiger partial charge in [-0.05, 0) is 11.6 Å². The zero-order chi connectivity index (χ0) is 12.8. The molecule has 2 nitrogen and oxygen atoms in total. The maximum atomic E-state index is 5.60. The fraction of sp³-hybridized carbons (Fsp3) is 0.250. The highest BCUT2D eigenvalue weighted by molar-refractivity contribution is 5.36. The molecule has 0 saturated heterocycles. The summed E-state index contributed by atoms with van der Waals surface area (Å²) in [5, 5.41) is 0. The minimum absolute atomic E-state index is 0.0172. The Morgan fingerprint density at radius 3 is 2.22 bits per heavy atom. The summed E-state index contributed by atoms with van der Waals surface area (Å²) in [6.07, 6.45) is 0.862. The van der Waals surface area contributed by atoms with Crippen LogP contribution in [0.2, 0.25) is 0 Å². The van der Waals surface area contributed by atoms with Crippen molar-refractivity contribution in [1.29, 1.82) is 0 Å². The van der Waals surface area contributed by atoms with Crippen LogP contribution in [0.1, 0.15) is 17.2 Å². The summed E-state index contributed by atoms with van der Waals surface area (Å²) in [4.78, 5) is 0. The third-order valence-electron chi connectivity index (χ3n) is 3.03. The van der Waals surface area contributed by atoms with Gasteiger partial charge in [0.25, 0.3) is 0 Å². The van der Waals surface area contributed by atoms with Crippen molar-refractivity contribution in [3.05, 3.63) is 65.7 Å². The van der Waals surface area contributed by atoms with Gasteiger partial charge in [0.05, 0.1) is 13.2 Å². The molecule has 0 saturated carbocycles. The minimum atomic E-state index is 0.0172. The Balaban J connectivity index is 2.23. The van der Waals surface area contributed by atoms with E-state index in [1.54, 1.807) is 14.2 Å². The van der Waals surface area contributed by atoms with Crippen molar-refractivity contribution >= 4 is 0 Å². The number of ether oxygens (including phenoxy) is 2. The number of para-hydroxylation sites is 1. The van der Waals surface area contributed by atoms with Crippen LogP contribution < -0.4 is 4.74 Å². The Bertz CT molecular complexity index is 479. The van der Waals surface area contributed by atoms with Crippen molar-refractivity contribution < 1.29 is 9.47 Å². The van der Waals surface area contributed by atoms with Gasteiger partial charge in [0.2, 0.25) is 0 Å². The van der Waals surface area contributed by atoms with E-state index in [0.717, 1.165) is 17.7 Å². The Morgan fingerprint density at radius 2 is 1.56 bits per heavy atom. The molecular formula is C16H18O2. The lowest BCUT2D eigenvalue weighted by molar-refractivity contribution is 0.101. The van der Waals surface area contributed by atoms with E-state index in [1.807, 2.05) is 36.4 Å². The van der Waals surface area contributed by atoms with Gasteiger partial charge in [-0.25, -0.2) is 0 Å². The SMILES string of the molecule is COc1ccccc1C(Cc1ccccc1)OC. The molecule has 2 heteroatoms. The lowest BCUT2D eigenvalue weighted by atomic mass is 10.0. The van der Waals surface area contributed by atoms with Crippen molar-refractivity contribution in [3.8, 4) is 5.75 Å². The van der Waals surface area contributed by atoms with Gasteiger partial charge in [-0.2, -0.15) is 0 Å². The largest absolute Gasteiger partial charge is 0.496 e. The zero-order valence-corrected chi connectivity index (χ0v) is 10.8. The van der Waals surface area contributed by atoms with Gasteiger partial charge in [-0.15, -0.1) is 0 Å². The number of hydrogen-bond acceptors (Lipinski definition) is 2. The second kappa shape index (κ2) is 6.22. The Morgan fingerprint density at radius 1 is 0.889 bits per heavy atom. The van der Waals surface area contributed by atoms with Gasteiger partial charge in [0.1, 0.15) is 5.75 Å². The van der Waals surface area contributed by atoms with Gasteiger partial charge in [0.15, 0.2) is 0 Å². The first-order chi connectivity index (χ1) is 8.85. The van der Waals surface area contributed by atoms with Gasteiger partial charge < -0.3 is 9.47 Å². The van der Waals surface area contributed by atoms with Crippen molar-refractivity contribution in [3.63, 3.8) is 0 Å². The Hall–Kier alpha value is -1.80. The topological polar surface area (TPSA) is 18.5 Å². The molecule has 0 aliphatic heterocycles. The van der Waals surface area contributed by atoms with Crippen molar-refractivity contribution in [2.24, 2.45) is 0 Å². The second-order valence-corrected chi connectivity index (χ2v) is 4.16. The predicted octanol–water partition coefficient (Wildman–Crippen LogP) is 3.63. The van der Waals surface area contributed by atoms with Crippen molar-refractivity contribution in [1.82, 2.24) is 0 Å². The molecular weight excluding hydrogens is 224 g/mol. The van der Waals surface area contributed by atoms with Crippen LogP contribution in [0.5, 0.6) is 5.75 Å². The lowest BCUT2D eigenvalue weighted by Gasteiger charge is -2.18. The summed E-state index contributed by atoms with van der Waals surface area (Å²) < 4.78 is 11.0. The molecule has 0 N–H and O–H groups in total. The number of benzene rings is 2. The molecule has 0 fully saturated rings. The molecule has 94 valence electrons. The highest BCUT2D eigenvalue weighted by atomic mass is 16.5. The molecule has 0 heterocycles. The molecule has 18 heavy (non-hydrogen) atoms. The van der Waals surface area contributed by atoms with E-state index in [-0.39, 0.29) is 6.10 Å². The summed E-state index contributed by atoms with van der Waals surface area (Å²) in [5.41, 5.74) is 2.35. The van der Waals surface area contributed by atoms with Crippen LogP contribution in [-0.4, -0.2) is 14.2 Å². The van der Waals surface area contributed by atoms with Crippen LogP contribution >= 0.6 is 0 Å². The van der Waals surface area contributed by atoms with E-state index in [9.17, 15) is 0 Å². The molecule has 2 aromatic rings. The van der Waals surface area contributed by atoms with Gasteiger partial charge in [-0.3, -0.25) is 0 Å². The quantitative estimate of drug-likeness (QED) is 0.797. The van der Waals surface area contributed by atoms with E-state index in [2.05, 4.69) is 18.2 Å². The van der Waals surface area contributed by atoms with Crippen LogP contribution in [0.3, 0.4) is 0 Å².